The first kappa shape index (κ1) is 13.5. The SMILES string of the molecule is CCC(C)C(C)CN(C(C)=O)C(C)C. The summed E-state index contributed by atoms with van der Waals surface area (Å²) in [7, 11) is 0. The molecule has 2 nitrogen and oxygen atoms in total. The summed E-state index contributed by atoms with van der Waals surface area (Å²) in [4.78, 5) is 13.3. The maximum absolute atomic E-state index is 11.4. The number of nitrogens with zero attached hydrogens (tertiary/aromatic N) is 1. The molecule has 0 spiro atoms. The van der Waals surface area contributed by atoms with Crippen LogP contribution in [0, 0.1) is 11.8 Å². The average Bonchev–Trinajstić information content (AvgIpc) is 2.11. The number of hydrogen-bond acceptors (Lipinski definition) is 1. The minimum atomic E-state index is 0.190. The summed E-state index contributed by atoms with van der Waals surface area (Å²) in [6.07, 6.45) is 1.19. The number of carbonyl (C=O) groups excluding carboxylic acids is 1. The van der Waals surface area contributed by atoms with Crippen LogP contribution in [0.4, 0.5) is 0 Å². The van der Waals surface area contributed by atoms with Crippen molar-refractivity contribution in [2.75, 3.05) is 6.54 Å². The summed E-state index contributed by atoms with van der Waals surface area (Å²) < 4.78 is 0. The van der Waals surface area contributed by atoms with Crippen LogP contribution in [0.15, 0.2) is 0 Å². The van der Waals surface area contributed by atoms with Crippen molar-refractivity contribution in [3.63, 3.8) is 0 Å². The Bertz CT molecular complexity index is 177. The van der Waals surface area contributed by atoms with Gasteiger partial charge < -0.3 is 4.90 Å². The second-order valence-electron chi connectivity index (χ2n) is 4.63. The lowest BCUT2D eigenvalue weighted by atomic mass is 9.93. The molecule has 0 aromatic carbocycles. The molecule has 2 heteroatoms. The molecule has 0 rings (SSSR count). The van der Waals surface area contributed by atoms with Gasteiger partial charge in [0.2, 0.25) is 5.91 Å². The Kier molecular flexibility index (Phi) is 5.82. The highest BCUT2D eigenvalue weighted by molar-refractivity contribution is 5.73. The van der Waals surface area contributed by atoms with Gasteiger partial charge in [0, 0.05) is 19.5 Å². The van der Waals surface area contributed by atoms with Gasteiger partial charge in [0.1, 0.15) is 0 Å². The van der Waals surface area contributed by atoms with E-state index in [2.05, 4.69) is 34.6 Å². The second-order valence-corrected chi connectivity index (χ2v) is 4.63. The van der Waals surface area contributed by atoms with E-state index >= 15 is 0 Å². The van der Waals surface area contributed by atoms with E-state index < -0.39 is 0 Å². The summed E-state index contributed by atoms with van der Waals surface area (Å²) in [6.45, 7) is 13.4. The van der Waals surface area contributed by atoms with Gasteiger partial charge in [0.05, 0.1) is 0 Å². The van der Waals surface area contributed by atoms with Gasteiger partial charge in [-0.15, -0.1) is 0 Å². The van der Waals surface area contributed by atoms with E-state index in [9.17, 15) is 4.79 Å². The molecular formula is C12H25NO. The van der Waals surface area contributed by atoms with E-state index in [1.807, 2.05) is 4.90 Å². The predicted molar refractivity (Wildman–Crippen MR) is 61.1 cm³/mol. The Hall–Kier alpha value is -0.530. The van der Waals surface area contributed by atoms with Crippen molar-refractivity contribution >= 4 is 5.91 Å². The third kappa shape index (κ3) is 4.12. The summed E-state index contributed by atoms with van der Waals surface area (Å²) in [5, 5.41) is 0. The standard InChI is InChI=1S/C12H25NO/c1-7-10(4)11(5)8-13(9(2)3)12(6)14/h9-11H,7-8H2,1-6H3. The van der Waals surface area contributed by atoms with Crippen molar-refractivity contribution < 1.29 is 4.79 Å². The first-order valence-corrected chi connectivity index (χ1v) is 5.67. The summed E-state index contributed by atoms with van der Waals surface area (Å²) in [5.74, 6) is 1.47. The molecule has 0 fully saturated rings. The molecule has 2 unspecified atom stereocenters. The quantitative estimate of drug-likeness (QED) is 0.666. The van der Waals surface area contributed by atoms with Crippen LogP contribution in [0.3, 0.4) is 0 Å². The molecule has 0 bridgehead atoms. The highest BCUT2D eigenvalue weighted by Gasteiger charge is 2.18. The Labute approximate surface area is 88.7 Å². The summed E-state index contributed by atoms with van der Waals surface area (Å²) in [6, 6.07) is 0.319. The fourth-order valence-electron chi connectivity index (χ4n) is 1.60. The fraction of sp³-hybridized carbons (Fsp3) is 0.917. The molecule has 0 aliphatic carbocycles. The van der Waals surface area contributed by atoms with Crippen LogP contribution in [0.1, 0.15) is 48.0 Å². The predicted octanol–water partition coefficient (Wildman–Crippen LogP) is 2.93. The van der Waals surface area contributed by atoms with Crippen LogP contribution in [-0.4, -0.2) is 23.4 Å². The maximum atomic E-state index is 11.4. The summed E-state index contributed by atoms with van der Waals surface area (Å²) >= 11 is 0. The van der Waals surface area contributed by atoms with E-state index in [0.717, 1.165) is 6.54 Å². The zero-order valence-corrected chi connectivity index (χ0v) is 10.5. The Balaban J connectivity index is 4.23. The average molecular weight is 199 g/mol. The van der Waals surface area contributed by atoms with Gasteiger partial charge in [-0.05, 0) is 25.7 Å². The molecule has 84 valence electrons. The first-order chi connectivity index (χ1) is 6.40. The van der Waals surface area contributed by atoms with E-state index in [4.69, 9.17) is 0 Å². The third-order valence-corrected chi connectivity index (χ3v) is 3.13. The largest absolute Gasteiger partial charge is 0.340 e. The van der Waals surface area contributed by atoms with Gasteiger partial charge in [-0.2, -0.15) is 0 Å². The zero-order chi connectivity index (χ0) is 11.3. The molecule has 0 heterocycles. The smallest absolute Gasteiger partial charge is 0.219 e. The van der Waals surface area contributed by atoms with Gasteiger partial charge in [-0.25, -0.2) is 0 Å². The first-order valence-electron chi connectivity index (χ1n) is 5.67. The minimum Gasteiger partial charge on any atom is -0.340 e. The third-order valence-electron chi connectivity index (χ3n) is 3.13. The molecule has 0 aromatic rings. The van der Waals surface area contributed by atoms with Gasteiger partial charge in [0.15, 0.2) is 0 Å². The number of carbonyl (C=O) groups is 1. The molecule has 0 aliphatic heterocycles. The maximum Gasteiger partial charge on any atom is 0.219 e. The van der Waals surface area contributed by atoms with Crippen molar-refractivity contribution in [3.8, 4) is 0 Å². The highest BCUT2D eigenvalue weighted by atomic mass is 16.2. The fourth-order valence-corrected chi connectivity index (χ4v) is 1.60. The van der Waals surface area contributed by atoms with Gasteiger partial charge in [-0.3, -0.25) is 4.79 Å². The monoisotopic (exact) mass is 199 g/mol. The van der Waals surface area contributed by atoms with Gasteiger partial charge in [0.25, 0.3) is 0 Å². The Morgan fingerprint density at radius 1 is 1.14 bits per heavy atom. The normalized spacial score (nSPS) is 15.4. The molecular weight excluding hydrogens is 174 g/mol. The molecule has 14 heavy (non-hydrogen) atoms. The van der Waals surface area contributed by atoms with Crippen LogP contribution in [-0.2, 0) is 4.79 Å². The lowest BCUT2D eigenvalue weighted by Crippen LogP contribution is -2.39. The molecule has 0 aliphatic rings. The van der Waals surface area contributed by atoms with Crippen LogP contribution in [0.25, 0.3) is 0 Å². The molecule has 0 saturated heterocycles. The van der Waals surface area contributed by atoms with Crippen molar-refractivity contribution in [1.29, 1.82) is 0 Å². The van der Waals surface area contributed by atoms with E-state index in [1.165, 1.54) is 6.42 Å². The molecule has 2 atom stereocenters. The molecule has 0 radical (unpaired) electrons. The van der Waals surface area contributed by atoms with Crippen LogP contribution >= 0.6 is 0 Å². The van der Waals surface area contributed by atoms with Crippen molar-refractivity contribution in [1.82, 2.24) is 4.90 Å². The number of hydrogen-bond donors (Lipinski definition) is 0. The molecule has 0 saturated carbocycles. The molecule has 0 N–H and O–H groups in total. The second kappa shape index (κ2) is 6.05. The topological polar surface area (TPSA) is 20.3 Å². The lowest BCUT2D eigenvalue weighted by molar-refractivity contribution is -0.131. The lowest BCUT2D eigenvalue weighted by Gasteiger charge is -2.30. The highest BCUT2D eigenvalue weighted by Crippen LogP contribution is 2.17. The zero-order valence-electron chi connectivity index (χ0n) is 10.5. The summed E-state index contributed by atoms with van der Waals surface area (Å²) in [5.41, 5.74) is 0. The van der Waals surface area contributed by atoms with Gasteiger partial charge in [-0.1, -0.05) is 27.2 Å². The van der Waals surface area contributed by atoms with Crippen molar-refractivity contribution in [2.24, 2.45) is 11.8 Å². The Morgan fingerprint density at radius 2 is 1.64 bits per heavy atom. The van der Waals surface area contributed by atoms with Crippen LogP contribution in [0.5, 0.6) is 0 Å². The number of amides is 1. The minimum absolute atomic E-state index is 0.190. The van der Waals surface area contributed by atoms with E-state index in [-0.39, 0.29) is 5.91 Å². The molecule has 1 amide bonds. The van der Waals surface area contributed by atoms with Crippen LogP contribution < -0.4 is 0 Å². The van der Waals surface area contributed by atoms with E-state index in [0.29, 0.717) is 17.9 Å². The van der Waals surface area contributed by atoms with Gasteiger partial charge >= 0.3 is 0 Å². The number of rotatable bonds is 5. The van der Waals surface area contributed by atoms with Crippen LogP contribution in [0.2, 0.25) is 0 Å². The van der Waals surface area contributed by atoms with Crippen molar-refractivity contribution in [3.05, 3.63) is 0 Å². The molecule has 0 aromatic heterocycles. The van der Waals surface area contributed by atoms with Crippen molar-refractivity contribution in [2.45, 2.75) is 54.0 Å². The Morgan fingerprint density at radius 3 is 1.93 bits per heavy atom. The van der Waals surface area contributed by atoms with E-state index in [1.54, 1.807) is 6.92 Å².